The zero-order valence-electron chi connectivity index (χ0n) is 39.3. The Labute approximate surface area is 414 Å². The van der Waals surface area contributed by atoms with Crippen molar-refractivity contribution >= 4 is 84.6 Å². The van der Waals surface area contributed by atoms with Crippen molar-refractivity contribution in [2.45, 2.75) is 76.3 Å². The van der Waals surface area contributed by atoms with Gasteiger partial charge in [0.2, 0.25) is 30.3 Å². The predicted molar refractivity (Wildman–Crippen MR) is 273 cm³/mol. The minimum absolute atomic E-state index is 0.216. The minimum atomic E-state index is -0.461. The fourth-order valence-corrected chi connectivity index (χ4v) is 10.7. The first-order valence-corrected chi connectivity index (χ1v) is 24.7. The summed E-state index contributed by atoms with van der Waals surface area (Å²) in [5, 5.41) is 7.02. The van der Waals surface area contributed by atoms with Crippen LogP contribution >= 0.6 is 11.6 Å². The molecule has 2 aliphatic carbocycles. The molecule has 8 aromatic rings. The molecule has 12 rings (SSSR count). The Morgan fingerprint density at radius 2 is 1.17 bits per heavy atom. The molecule has 2 saturated carbocycles. The molecule has 0 spiro atoms. The maximum atomic E-state index is 14.8. The van der Waals surface area contributed by atoms with Gasteiger partial charge in [-0.05, 0) is 74.9 Å². The van der Waals surface area contributed by atoms with Crippen LogP contribution in [-0.2, 0) is 0 Å². The number of nitrogens with one attached hydrogen (secondary N) is 1. The average molecular weight is 979 g/mol. The van der Waals surface area contributed by atoms with Gasteiger partial charge in [0, 0.05) is 104 Å². The van der Waals surface area contributed by atoms with E-state index >= 15 is 0 Å². The summed E-state index contributed by atoms with van der Waals surface area (Å²) in [4.78, 5) is 47.7. The number of rotatable bonds is 8. The van der Waals surface area contributed by atoms with Gasteiger partial charge in [0.05, 0.1) is 23.8 Å². The smallest absolute Gasteiger partial charge is 0.270 e. The van der Waals surface area contributed by atoms with Crippen LogP contribution in [0.3, 0.4) is 0 Å². The lowest BCUT2D eigenvalue weighted by molar-refractivity contribution is 0.283. The molecule has 20 heteroatoms. The molecule has 0 amide bonds. The van der Waals surface area contributed by atoms with Crippen molar-refractivity contribution in [1.29, 1.82) is 0 Å². The summed E-state index contributed by atoms with van der Waals surface area (Å²) < 4.78 is 33.0. The molecule has 0 bridgehead atoms. The van der Waals surface area contributed by atoms with Crippen LogP contribution in [0.2, 0.25) is 5.15 Å². The van der Waals surface area contributed by atoms with Gasteiger partial charge < -0.3 is 34.8 Å². The lowest BCUT2D eigenvalue weighted by Crippen LogP contribution is -2.46. The summed E-state index contributed by atoms with van der Waals surface area (Å²) in [5.74, 6) is 0.908. The van der Waals surface area contributed by atoms with Crippen molar-refractivity contribution in [2.75, 3.05) is 73.3 Å². The molecule has 2 saturated heterocycles. The lowest BCUT2D eigenvalue weighted by atomic mass is 9.97. The van der Waals surface area contributed by atoms with Crippen LogP contribution in [0.25, 0.3) is 53.6 Å². The van der Waals surface area contributed by atoms with E-state index in [1.807, 2.05) is 45.7 Å². The highest BCUT2D eigenvalue weighted by molar-refractivity contribution is 6.29. The van der Waals surface area contributed by atoms with Crippen LogP contribution < -0.4 is 20.9 Å². The van der Waals surface area contributed by atoms with Crippen LogP contribution in [0.1, 0.15) is 76.3 Å². The van der Waals surface area contributed by atoms with E-state index < -0.39 is 11.9 Å². The van der Waals surface area contributed by atoms with Gasteiger partial charge in [0.15, 0.2) is 0 Å². The van der Waals surface area contributed by atoms with E-state index in [-0.39, 0.29) is 18.0 Å². The number of halogens is 3. The Morgan fingerprint density at radius 1 is 0.606 bits per heavy atom. The molecular weight excluding hydrogens is 924 g/mol. The Balaban J connectivity index is 0.000000136. The van der Waals surface area contributed by atoms with Crippen molar-refractivity contribution < 1.29 is 8.78 Å². The minimum Gasteiger partial charge on any atom is -0.370 e. The van der Waals surface area contributed by atoms with Crippen molar-refractivity contribution in [3.8, 4) is 0 Å². The van der Waals surface area contributed by atoms with Gasteiger partial charge in [-0.15, -0.1) is 0 Å². The molecule has 0 unspecified atom stereocenters. The highest BCUT2D eigenvalue weighted by Gasteiger charge is 2.28. The second kappa shape index (κ2) is 21.3. The fraction of sp³-hybridized carbons (Fsp3) is 0.412. The predicted octanol–water partition coefficient (Wildman–Crippen LogP) is 10.1. The van der Waals surface area contributed by atoms with Crippen molar-refractivity contribution in [3.63, 3.8) is 0 Å². The van der Waals surface area contributed by atoms with E-state index in [4.69, 9.17) is 35.5 Å². The first-order chi connectivity index (χ1) is 34.8. The number of nitrogens with zero attached hydrogens (tertiary/aromatic N) is 15. The van der Waals surface area contributed by atoms with Crippen LogP contribution in [0.4, 0.5) is 37.9 Å². The SMILES string of the molecule is Nc1ncc2c3ccnc(F)c3n(C3CCCC3)c2n1.[C-]#[N+]CC1CCN(c2ccc(Nc3ncc4c5ccnc(F)c5n(C5CCCC5)c4n3)nc2)CC1.[C-]#[N+]CN1CCN(c2ccc(Cl)nc2)CC1. The van der Waals surface area contributed by atoms with Gasteiger partial charge in [-0.1, -0.05) is 37.3 Å². The second-order valence-corrected chi connectivity index (χ2v) is 18.9. The third kappa shape index (κ3) is 10.2. The van der Waals surface area contributed by atoms with E-state index in [1.165, 1.54) is 12.4 Å². The number of anilines is 5. The summed E-state index contributed by atoms with van der Waals surface area (Å²) in [6.45, 7) is 20.7. The van der Waals surface area contributed by atoms with E-state index in [9.17, 15) is 8.78 Å². The van der Waals surface area contributed by atoms with Gasteiger partial charge in [0.1, 0.15) is 33.3 Å². The Kier molecular flexibility index (Phi) is 14.2. The van der Waals surface area contributed by atoms with Crippen molar-refractivity contribution in [2.24, 2.45) is 5.92 Å². The second-order valence-electron chi connectivity index (χ2n) is 18.6. The largest absolute Gasteiger partial charge is 0.370 e. The number of nitrogen functional groups attached to an aromatic ring is 1. The number of hydrogen-bond acceptors (Lipinski definition) is 13. The molecule has 10 heterocycles. The first kappa shape index (κ1) is 47.3. The Morgan fingerprint density at radius 3 is 1.72 bits per heavy atom. The highest BCUT2D eigenvalue weighted by Crippen LogP contribution is 2.40. The van der Waals surface area contributed by atoms with Gasteiger partial charge in [-0.3, -0.25) is 4.85 Å². The number of pyridine rings is 4. The molecule has 4 aliphatic rings. The maximum Gasteiger partial charge on any atom is 0.270 e. The molecule has 0 aromatic carbocycles. The molecule has 4 fully saturated rings. The molecule has 17 nitrogen and oxygen atoms in total. The number of piperazine rings is 1. The van der Waals surface area contributed by atoms with Crippen LogP contribution in [0.5, 0.6) is 0 Å². The Bertz CT molecular complexity index is 3210. The molecule has 0 radical (unpaired) electrons. The Hall–Kier alpha value is -7.35. The quantitative estimate of drug-likeness (QED) is 0.109. The molecule has 364 valence electrons. The normalized spacial score (nSPS) is 17.0. The maximum absolute atomic E-state index is 14.8. The van der Waals surface area contributed by atoms with Gasteiger partial charge in [0.25, 0.3) is 6.67 Å². The van der Waals surface area contributed by atoms with Crippen LogP contribution in [0, 0.1) is 31.0 Å². The summed E-state index contributed by atoms with van der Waals surface area (Å²) in [7, 11) is 0. The molecule has 3 N–H and O–H groups in total. The zero-order chi connectivity index (χ0) is 48.8. The van der Waals surface area contributed by atoms with Crippen LogP contribution in [-0.4, -0.2) is 106 Å². The van der Waals surface area contributed by atoms with Gasteiger partial charge in [-0.25, -0.2) is 47.9 Å². The standard InChI is InChI=1S/C26H27FN8.C14H14FN5.C11H13ClN4/c1-28-14-17-9-12-34(13-10-17)19-6-7-22(30-15-19)32-26-31-16-21-20-8-11-29-24(27)23(20)35(25(21)33-26)18-4-2-3-5-18;15-12-11-9(5-6-17-12)10-7-18-14(16)19-13(10)20(11)8-3-1-2-4-8;1-13-9-15-4-6-16(7-5-15)10-2-3-11(12)14-8-10/h6-8,11,15-18H,2-5,9-10,12-14H2,(H,30,31,32,33);5-8H,1-4H2,(H2,16,18,19);2-3,8H,4-7,9H2. The number of fused-ring (bicyclic) bond motifs is 6. The summed E-state index contributed by atoms with van der Waals surface area (Å²) in [5.41, 5.74) is 10.4. The number of aromatic nitrogens is 10. The fourth-order valence-electron chi connectivity index (χ4n) is 10.6. The molecular formula is C51H54ClF2N17. The lowest BCUT2D eigenvalue weighted by Gasteiger charge is -2.33. The number of hydrogen-bond donors (Lipinski definition) is 2. The monoisotopic (exact) mass is 977 g/mol. The van der Waals surface area contributed by atoms with Gasteiger partial charge in [-0.2, -0.15) is 18.7 Å². The highest BCUT2D eigenvalue weighted by atomic mass is 35.5. The molecule has 0 atom stereocenters. The van der Waals surface area contributed by atoms with Gasteiger partial charge >= 0.3 is 0 Å². The van der Waals surface area contributed by atoms with E-state index in [0.717, 1.165) is 142 Å². The molecule has 2 aliphatic heterocycles. The van der Waals surface area contributed by atoms with E-state index in [0.29, 0.717) is 52.7 Å². The topological polar surface area (TPSA) is 169 Å². The molecule has 71 heavy (non-hydrogen) atoms. The summed E-state index contributed by atoms with van der Waals surface area (Å²) in [6.07, 6.45) is 20.9. The summed E-state index contributed by atoms with van der Waals surface area (Å²) >= 11 is 5.74. The first-order valence-electron chi connectivity index (χ1n) is 24.4. The third-order valence-corrected chi connectivity index (χ3v) is 14.5. The number of piperidine rings is 1. The van der Waals surface area contributed by atoms with E-state index in [1.54, 1.807) is 18.6 Å². The van der Waals surface area contributed by atoms with Crippen LogP contribution in [0.15, 0.2) is 73.6 Å². The number of nitrogens with two attached hydrogens (primary N) is 1. The zero-order valence-corrected chi connectivity index (χ0v) is 40.1. The average Bonchev–Trinajstić information content (AvgIpc) is 4.23. The van der Waals surface area contributed by atoms with Crippen molar-refractivity contribution in [1.82, 2.24) is 53.9 Å². The van der Waals surface area contributed by atoms with E-state index in [2.05, 4.69) is 70.7 Å². The van der Waals surface area contributed by atoms with Crippen molar-refractivity contribution in [3.05, 3.63) is 113 Å². The molecule has 8 aromatic heterocycles. The third-order valence-electron chi connectivity index (χ3n) is 14.3. The summed E-state index contributed by atoms with van der Waals surface area (Å²) in [6, 6.07) is 11.9.